The average molecular weight is 508 g/mol. The van der Waals surface area contributed by atoms with Crippen molar-refractivity contribution < 1.29 is 19.7 Å². The van der Waals surface area contributed by atoms with E-state index in [1.807, 2.05) is 18.2 Å². The Morgan fingerprint density at radius 3 is 1.84 bits per heavy atom. The third-order valence-electron chi connectivity index (χ3n) is 7.15. The number of aryl methyl sites for hydroxylation is 1. The SMILES string of the molecule is [CH2]CCc1cc(C2(c3ccc(OCC(C)O)cc3)c3ccccc3-c3ccccc32)ccc1OCC(C)O. The molecule has 5 rings (SSSR count). The summed E-state index contributed by atoms with van der Waals surface area (Å²) < 4.78 is 11.8. The summed E-state index contributed by atoms with van der Waals surface area (Å²) in [4.78, 5) is 0. The van der Waals surface area contributed by atoms with Crippen molar-refractivity contribution in [3.8, 4) is 22.6 Å². The highest BCUT2D eigenvalue weighted by Gasteiger charge is 2.46. The van der Waals surface area contributed by atoms with Crippen LogP contribution < -0.4 is 9.47 Å². The monoisotopic (exact) mass is 507 g/mol. The number of rotatable bonds is 10. The summed E-state index contributed by atoms with van der Waals surface area (Å²) in [5.74, 6) is 1.51. The van der Waals surface area contributed by atoms with Gasteiger partial charge in [-0.1, -0.05) is 79.7 Å². The Morgan fingerprint density at radius 2 is 1.26 bits per heavy atom. The van der Waals surface area contributed by atoms with Gasteiger partial charge in [0.2, 0.25) is 0 Å². The van der Waals surface area contributed by atoms with Gasteiger partial charge in [-0.3, -0.25) is 0 Å². The van der Waals surface area contributed by atoms with E-state index in [4.69, 9.17) is 9.47 Å². The van der Waals surface area contributed by atoms with E-state index >= 15 is 0 Å². The van der Waals surface area contributed by atoms with Crippen molar-refractivity contribution in [1.82, 2.24) is 0 Å². The number of aliphatic hydroxyl groups is 2. The molecule has 4 nitrogen and oxygen atoms in total. The molecular formula is C34H35O4. The molecule has 1 aliphatic rings. The molecule has 0 saturated heterocycles. The molecule has 0 spiro atoms. The van der Waals surface area contributed by atoms with Gasteiger partial charge in [0.05, 0.1) is 17.6 Å². The molecule has 38 heavy (non-hydrogen) atoms. The van der Waals surface area contributed by atoms with E-state index in [1.165, 1.54) is 22.3 Å². The maximum Gasteiger partial charge on any atom is 0.122 e. The zero-order valence-corrected chi connectivity index (χ0v) is 22.1. The number of hydrogen-bond donors (Lipinski definition) is 2. The summed E-state index contributed by atoms with van der Waals surface area (Å²) in [6, 6.07) is 31.9. The molecule has 0 fully saturated rings. The van der Waals surface area contributed by atoms with Crippen LogP contribution in [0.1, 0.15) is 48.1 Å². The van der Waals surface area contributed by atoms with Crippen molar-refractivity contribution in [2.75, 3.05) is 13.2 Å². The molecule has 2 N–H and O–H groups in total. The second-order valence-electron chi connectivity index (χ2n) is 10.1. The summed E-state index contributed by atoms with van der Waals surface area (Å²) in [5, 5.41) is 19.5. The second-order valence-corrected chi connectivity index (χ2v) is 10.1. The van der Waals surface area contributed by atoms with Gasteiger partial charge in [0.25, 0.3) is 0 Å². The first-order chi connectivity index (χ1) is 18.4. The Morgan fingerprint density at radius 1 is 0.711 bits per heavy atom. The van der Waals surface area contributed by atoms with Gasteiger partial charge >= 0.3 is 0 Å². The van der Waals surface area contributed by atoms with Crippen LogP contribution in [-0.4, -0.2) is 35.6 Å². The van der Waals surface area contributed by atoms with Gasteiger partial charge in [-0.2, -0.15) is 0 Å². The predicted octanol–water partition coefficient (Wildman–Crippen LogP) is 6.34. The minimum atomic E-state index is -0.545. The minimum absolute atomic E-state index is 0.244. The molecule has 0 aliphatic heterocycles. The van der Waals surface area contributed by atoms with Crippen LogP contribution in [0.5, 0.6) is 11.5 Å². The summed E-state index contributed by atoms with van der Waals surface area (Å²) >= 11 is 0. The van der Waals surface area contributed by atoms with E-state index < -0.39 is 17.6 Å². The molecule has 2 atom stereocenters. The van der Waals surface area contributed by atoms with E-state index in [2.05, 4.69) is 79.7 Å². The van der Waals surface area contributed by atoms with E-state index in [0.29, 0.717) is 0 Å². The molecule has 4 heteroatoms. The third-order valence-corrected chi connectivity index (χ3v) is 7.15. The van der Waals surface area contributed by atoms with Crippen LogP contribution >= 0.6 is 0 Å². The summed E-state index contributed by atoms with van der Waals surface area (Å²) in [5.41, 5.74) is 7.76. The number of hydrogen-bond acceptors (Lipinski definition) is 4. The fraction of sp³-hybridized carbons (Fsp3) is 0.265. The van der Waals surface area contributed by atoms with Gasteiger partial charge < -0.3 is 19.7 Å². The van der Waals surface area contributed by atoms with Crippen molar-refractivity contribution in [3.05, 3.63) is 126 Å². The molecule has 0 saturated carbocycles. The summed E-state index contributed by atoms with van der Waals surface area (Å²) in [6.07, 6.45) is 0.436. The van der Waals surface area contributed by atoms with Gasteiger partial charge in [0.15, 0.2) is 0 Å². The van der Waals surface area contributed by atoms with Crippen LogP contribution in [0.3, 0.4) is 0 Å². The molecule has 2 unspecified atom stereocenters. The topological polar surface area (TPSA) is 58.9 Å². The first-order valence-electron chi connectivity index (χ1n) is 13.3. The maximum atomic E-state index is 9.80. The lowest BCUT2D eigenvalue weighted by molar-refractivity contribution is 0.122. The quantitative estimate of drug-likeness (QED) is 0.232. The highest BCUT2D eigenvalue weighted by atomic mass is 16.5. The standard InChI is InChI=1S/C34H35O4/c1-4-9-25-20-27(16-19-33(25)38-22-24(3)36)34(26-14-17-28(18-15-26)37-21-23(2)35)31-12-7-5-10-29(31)30-11-6-8-13-32(30)34/h5-8,10-20,23-24,35-36H,1,4,9,21-22H2,2-3H3. The normalized spacial score (nSPS) is 14.9. The van der Waals surface area contributed by atoms with Crippen molar-refractivity contribution >= 4 is 0 Å². The van der Waals surface area contributed by atoms with E-state index in [9.17, 15) is 10.2 Å². The maximum absolute atomic E-state index is 9.80. The molecule has 0 aromatic heterocycles. The number of ether oxygens (including phenoxy) is 2. The van der Waals surface area contributed by atoms with Gasteiger partial charge in [-0.05, 0) is 83.8 Å². The average Bonchev–Trinajstić information content (AvgIpc) is 3.23. The lowest BCUT2D eigenvalue weighted by Gasteiger charge is -2.34. The Bertz CT molecular complexity index is 1340. The van der Waals surface area contributed by atoms with Crippen molar-refractivity contribution in [1.29, 1.82) is 0 Å². The fourth-order valence-corrected chi connectivity index (χ4v) is 5.59. The zero-order valence-electron chi connectivity index (χ0n) is 22.1. The van der Waals surface area contributed by atoms with Crippen LogP contribution in [0.2, 0.25) is 0 Å². The van der Waals surface area contributed by atoms with Crippen LogP contribution in [0, 0.1) is 6.92 Å². The highest BCUT2D eigenvalue weighted by Crippen LogP contribution is 2.56. The molecular weight excluding hydrogens is 472 g/mol. The van der Waals surface area contributed by atoms with E-state index in [1.54, 1.807) is 13.8 Å². The first-order valence-corrected chi connectivity index (χ1v) is 13.3. The smallest absolute Gasteiger partial charge is 0.122 e. The zero-order chi connectivity index (χ0) is 26.7. The number of fused-ring (bicyclic) bond motifs is 3. The highest BCUT2D eigenvalue weighted by molar-refractivity contribution is 5.86. The predicted molar refractivity (Wildman–Crippen MR) is 152 cm³/mol. The Labute approximate surface area is 225 Å². The van der Waals surface area contributed by atoms with Gasteiger partial charge in [0.1, 0.15) is 24.7 Å². The molecule has 4 aromatic carbocycles. The Hall–Kier alpha value is -3.60. The molecule has 0 heterocycles. The molecule has 1 aliphatic carbocycles. The molecule has 195 valence electrons. The molecule has 1 radical (unpaired) electrons. The molecule has 4 aromatic rings. The van der Waals surface area contributed by atoms with Crippen molar-refractivity contribution in [3.63, 3.8) is 0 Å². The van der Waals surface area contributed by atoms with Gasteiger partial charge in [0, 0.05) is 0 Å². The number of benzene rings is 4. The minimum Gasteiger partial charge on any atom is -0.491 e. The first kappa shape index (κ1) is 26.0. The summed E-state index contributed by atoms with van der Waals surface area (Å²) in [6.45, 7) is 8.03. The molecule has 0 amide bonds. The Balaban J connectivity index is 1.72. The van der Waals surface area contributed by atoms with E-state index in [0.717, 1.165) is 41.0 Å². The van der Waals surface area contributed by atoms with Crippen LogP contribution in [0.25, 0.3) is 11.1 Å². The summed E-state index contributed by atoms with van der Waals surface area (Å²) in [7, 11) is 0. The van der Waals surface area contributed by atoms with Crippen LogP contribution in [0.4, 0.5) is 0 Å². The van der Waals surface area contributed by atoms with Gasteiger partial charge in [-0.15, -0.1) is 0 Å². The number of aliphatic hydroxyl groups excluding tert-OH is 2. The lowest BCUT2D eigenvalue weighted by atomic mass is 9.67. The van der Waals surface area contributed by atoms with Crippen LogP contribution in [0.15, 0.2) is 91.0 Å². The Kier molecular flexibility index (Phi) is 7.55. The fourth-order valence-electron chi connectivity index (χ4n) is 5.59. The van der Waals surface area contributed by atoms with Crippen molar-refractivity contribution in [2.45, 2.75) is 44.3 Å². The van der Waals surface area contributed by atoms with Gasteiger partial charge in [-0.25, -0.2) is 0 Å². The van der Waals surface area contributed by atoms with Crippen molar-refractivity contribution in [2.24, 2.45) is 0 Å². The van der Waals surface area contributed by atoms with E-state index in [-0.39, 0.29) is 13.2 Å². The second kappa shape index (κ2) is 11.0. The third kappa shape index (κ3) is 4.70. The largest absolute Gasteiger partial charge is 0.491 e. The lowest BCUT2D eigenvalue weighted by Crippen LogP contribution is -2.29. The molecule has 0 bridgehead atoms. The van der Waals surface area contributed by atoms with Crippen LogP contribution in [-0.2, 0) is 11.8 Å².